The maximum absolute atomic E-state index is 5.90. The Morgan fingerprint density at radius 3 is 2.68 bits per heavy atom. The van der Waals surface area contributed by atoms with Crippen LogP contribution < -0.4 is 5.32 Å². The predicted molar refractivity (Wildman–Crippen MR) is 136 cm³/mol. The minimum Gasteiger partial charge on any atom is -0.376 e. The van der Waals surface area contributed by atoms with Crippen LogP contribution in [-0.2, 0) is 17.8 Å². The predicted octanol–water partition coefficient (Wildman–Crippen LogP) is 4.71. The Morgan fingerprint density at radius 1 is 1.09 bits per heavy atom. The number of rotatable bonds is 7. The number of benzene rings is 1. The molecule has 34 heavy (non-hydrogen) atoms. The Hall–Kier alpha value is -2.28. The third-order valence-electron chi connectivity index (χ3n) is 7.55. The molecule has 2 fully saturated rings. The van der Waals surface area contributed by atoms with Crippen molar-refractivity contribution in [1.29, 1.82) is 0 Å². The second-order valence-electron chi connectivity index (χ2n) is 10.5. The molecule has 2 saturated heterocycles. The number of piperidine rings is 1. The maximum atomic E-state index is 5.90. The molecule has 0 amide bonds. The fraction of sp³-hybridized carbons (Fsp3) is 0.571. The maximum Gasteiger partial charge on any atom is 0.159 e. The SMILES string of the molecule is Cc1nn2c(C3CCCN(Cc4ccccc4)C3)ccnc2c1CNCC1C[C@@H](C)O[C@@H](C)C1. The number of aromatic nitrogens is 3. The molecule has 6 heteroatoms. The summed E-state index contributed by atoms with van der Waals surface area (Å²) in [5.74, 6) is 1.15. The third-order valence-corrected chi connectivity index (χ3v) is 7.55. The van der Waals surface area contributed by atoms with Crippen molar-refractivity contribution >= 4 is 5.65 Å². The second kappa shape index (κ2) is 10.5. The zero-order valence-corrected chi connectivity index (χ0v) is 20.9. The number of hydrogen-bond donors (Lipinski definition) is 1. The lowest BCUT2D eigenvalue weighted by atomic mass is 9.92. The summed E-state index contributed by atoms with van der Waals surface area (Å²) >= 11 is 0. The molecule has 0 aliphatic carbocycles. The van der Waals surface area contributed by atoms with Gasteiger partial charge in [0.15, 0.2) is 5.65 Å². The van der Waals surface area contributed by atoms with Crippen LogP contribution in [0.5, 0.6) is 0 Å². The molecule has 2 aliphatic heterocycles. The van der Waals surface area contributed by atoms with Gasteiger partial charge in [0.05, 0.1) is 23.6 Å². The van der Waals surface area contributed by atoms with E-state index in [9.17, 15) is 0 Å². The molecule has 6 nitrogen and oxygen atoms in total. The Kier molecular flexibility index (Phi) is 7.28. The second-order valence-corrected chi connectivity index (χ2v) is 10.5. The number of aryl methyl sites for hydroxylation is 1. The molecule has 4 atom stereocenters. The summed E-state index contributed by atoms with van der Waals surface area (Å²) in [6.07, 6.45) is 7.39. The van der Waals surface area contributed by atoms with Gasteiger partial charge in [-0.2, -0.15) is 5.10 Å². The van der Waals surface area contributed by atoms with Gasteiger partial charge in [-0.15, -0.1) is 0 Å². The number of likely N-dealkylation sites (tertiary alicyclic amines) is 1. The molecule has 5 rings (SSSR count). The van der Waals surface area contributed by atoms with Crippen molar-refractivity contribution in [2.24, 2.45) is 5.92 Å². The van der Waals surface area contributed by atoms with Gasteiger partial charge in [-0.05, 0) is 77.1 Å². The molecule has 0 saturated carbocycles. The molecule has 1 aromatic carbocycles. The number of ether oxygens (including phenoxy) is 1. The highest BCUT2D eigenvalue weighted by atomic mass is 16.5. The number of fused-ring (bicyclic) bond motifs is 1. The standard InChI is InChI=1S/C28H39N5O/c1-20-14-24(15-21(2)34-20)16-29-17-26-22(3)31-33-27(11-12-30-28(26)33)25-10-7-13-32(19-25)18-23-8-5-4-6-9-23/h4-6,8-9,11-12,20-21,24-25,29H,7,10,13-19H2,1-3H3/t20-,21+,24?,25?. The van der Waals surface area contributed by atoms with E-state index in [1.807, 2.05) is 6.20 Å². The first-order valence-electron chi connectivity index (χ1n) is 13.0. The van der Waals surface area contributed by atoms with Crippen LogP contribution in [0.2, 0.25) is 0 Å². The molecule has 0 bridgehead atoms. The molecular formula is C28H39N5O. The van der Waals surface area contributed by atoms with Crippen LogP contribution in [0, 0.1) is 12.8 Å². The molecule has 1 N–H and O–H groups in total. The van der Waals surface area contributed by atoms with Crippen LogP contribution in [0.4, 0.5) is 0 Å². The van der Waals surface area contributed by atoms with Gasteiger partial charge in [0.1, 0.15) is 0 Å². The van der Waals surface area contributed by atoms with Crippen molar-refractivity contribution in [3.05, 3.63) is 65.1 Å². The molecule has 2 aliphatic rings. The first kappa shape index (κ1) is 23.5. The van der Waals surface area contributed by atoms with Crippen LogP contribution in [0.25, 0.3) is 5.65 Å². The highest BCUT2D eigenvalue weighted by Gasteiger charge is 2.26. The van der Waals surface area contributed by atoms with Gasteiger partial charge in [-0.3, -0.25) is 4.90 Å². The lowest BCUT2D eigenvalue weighted by Crippen LogP contribution is -2.35. The zero-order valence-electron chi connectivity index (χ0n) is 20.9. The Balaban J connectivity index is 1.27. The first-order valence-corrected chi connectivity index (χ1v) is 13.0. The summed E-state index contributed by atoms with van der Waals surface area (Å²) in [7, 11) is 0. The molecule has 4 heterocycles. The topological polar surface area (TPSA) is 54.7 Å². The van der Waals surface area contributed by atoms with E-state index in [1.165, 1.54) is 29.7 Å². The monoisotopic (exact) mass is 461 g/mol. The summed E-state index contributed by atoms with van der Waals surface area (Å²) in [6.45, 7) is 11.6. The number of nitrogens with zero attached hydrogens (tertiary/aromatic N) is 4. The van der Waals surface area contributed by atoms with Crippen LogP contribution >= 0.6 is 0 Å². The van der Waals surface area contributed by atoms with Crippen molar-refractivity contribution in [2.75, 3.05) is 19.6 Å². The fourth-order valence-electron chi connectivity index (χ4n) is 6.02. The normalized spacial score (nSPS) is 26.2. The van der Waals surface area contributed by atoms with Crippen LogP contribution in [-0.4, -0.2) is 51.3 Å². The van der Waals surface area contributed by atoms with Crippen molar-refractivity contribution in [3.8, 4) is 0 Å². The molecular weight excluding hydrogens is 422 g/mol. The zero-order chi connectivity index (χ0) is 23.5. The van der Waals surface area contributed by atoms with Crippen molar-refractivity contribution in [3.63, 3.8) is 0 Å². The molecule has 3 aromatic rings. The van der Waals surface area contributed by atoms with E-state index in [4.69, 9.17) is 14.8 Å². The lowest BCUT2D eigenvalue weighted by molar-refractivity contribution is -0.0516. The van der Waals surface area contributed by atoms with Gasteiger partial charge in [0, 0.05) is 37.3 Å². The van der Waals surface area contributed by atoms with Crippen molar-refractivity contribution < 1.29 is 4.74 Å². The van der Waals surface area contributed by atoms with Gasteiger partial charge >= 0.3 is 0 Å². The number of nitrogens with one attached hydrogen (secondary N) is 1. The van der Waals surface area contributed by atoms with E-state index in [0.717, 1.165) is 56.9 Å². The van der Waals surface area contributed by atoms with E-state index in [-0.39, 0.29) is 0 Å². The molecule has 2 aromatic heterocycles. The van der Waals surface area contributed by atoms with E-state index in [0.29, 0.717) is 24.0 Å². The molecule has 0 spiro atoms. The summed E-state index contributed by atoms with van der Waals surface area (Å²) in [5.41, 5.74) is 6.00. The minimum atomic E-state index is 0.357. The first-order chi connectivity index (χ1) is 16.6. The van der Waals surface area contributed by atoms with Crippen LogP contribution in [0.1, 0.15) is 68.0 Å². The Labute approximate surface area is 203 Å². The summed E-state index contributed by atoms with van der Waals surface area (Å²) in [4.78, 5) is 7.35. The van der Waals surface area contributed by atoms with Gasteiger partial charge in [-0.1, -0.05) is 30.3 Å². The van der Waals surface area contributed by atoms with Crippen LogP contribution in [0.3, 0.4) is 0 Å². The highest BCUT2D eigenvalue weighted by Crippen LogP contribution is 2.29. The van der Waals surface area contributed by atoms with E-state index < -0.39 is 0 Å². The summed E-state index contributed by atoms with van der Waals surface area (Å²) in [6, 6.07) is 13.0. The van der Waals surface area contributed by atoms with E-state index >= 15 is 0 Å². The molecule has 0 radical (unpaired) electrons. The smallest absolute Gasteiger partial charge is 0.159 e. The average Bonchev–Trinajstić information content (AvgIpc) is 3.14. The van der Waals surface area contributed by atoms with Crippen molar-refractivity contribution in [2.45, 2.75) is 77.7 Å². The largest absolute Gasteiger partial charge is 0.376 e. The van der Waals surface area contributed by atoms with Crippen LogP contribution in [0.15, 0.2) is 42.6 Å². The Bertz CT molecular complexity index is 1070. The van der Waals surface area contributed by atoms with Gasteiger partial charge < -0.3 is 10.1 Å². The molecule has 182 valence electrons. The van der Waals surface area contributed by atoms with E-state index in [1.54, 1.807) is 0 Å². The van der Waals surface area contributed by atoms with Gasteiger partial charge in [-0.25, -0.2) is 9.50 Å². The Morgan fingerprint density at radius 2 is 1.88 bits per heavy atom. The molecule has 2 unspecified atom stereocenters. The fourth-order valence-corrected chi connectivity index (χ4v) is 6.02. The lowest BCUT2D eigenvalue weighted by Gasteiger charge is -2.33. The highest BCUT2D eigenvalue weighted by molar-refractivity contribution is 5.50. The average molecular weight is 462 g/mol. The third kappa shape index (κ3) is 5.35. The van der Waals surface area contributed by atoms with Crippen molar-refractivity contribution in [1.82, 2.24) is 24.8 Å². The summed E-state index contributed by atoms with van der Waals surface area (Å²) in [5, 5.41) is 8.67. The van der Waals surface area contributed by atoms with Gasteiger partial charge in [0.25, 0.3) is 0 Å². The van der Waals surface area contributed by atoms with Gasteiger partial charge in [0.2, 0.25) is 0 Å². The quantitative estimate of drug-likeness (QED) is 0.552. The minimum absolute atomic E-state index is 0.357. The number of hydrogen-bond acceptors (Lipinski definition) is 5. The van der Waals surface area contributed by atoms with E-state index in [2.05, 4.69) is 71.9 Å². The summed E-state index contributed by atoms with van der Waals surface area (Å²) < 4.78 is 8.03.